The SMILES string of the molecule is CCC(C)(C)C1CCC(NC(C)CC2CCCCN2)CC1. The van der Waals surface area contributed by atoms with Crippen LogP contribution in [0.15, 0.2) is 0 Å². The van der Waals surface area contributed by atoms with Crippen LogP contribution in [-0.2, 0) is 0 Å². The molecule has 0 aromatic heterocycles. The zero-order chi connectivity index (χ0) is 15.3. The molecule has 124 valence electrons. The van der Waals surface area contributed by atoms with E-state index in [9.17, 15) is 0 Å². The summed E-state index contributed by atoms with van der Waals surface area (Å²) in [6.07, 6.45) is 12.4. The Kier molecular flexibility index (Phi) is 6.55. The predicted molar refractivity (Wildman–Crippen MR) is 92.7 cm³/mol. The van der Waals surface area contributed by atoms with Gasteiger partial charge in [0.15, 0.2) is 0 Å². The van der Waals surface area contributed by atoms with Gasteiger partial charge < -0.3 is 10.6 Å². The first-order chi connectivity index (χ1) is 10.0. The van der Waals surface area contributed by atoms with Gasteiger partial charge in [0.25, 0.3) is 0 Å². The van der Waals surface area contributed by atoms with Gasteiger partial charge in [-0.1, -0.05) is 33.6 Å². The highest BCUT2D eigenvalue weighted by Crippen LogP contribution is 2.40. The first-order valence-electron chi connectivity index (χ1n) is 9.50. The van der Waals surface area contributed by atoms with Gasteiger partial charge in [0.05, 0.1) is 0 Å². The minimum Gasteiger partial charge on any atom is -0.314 e. The molecule has 2 unspecified atom stereocenters. The molecule has 0 amide bonds. The average molecular weight is 295 g/mol. The molecule has 2 fully saturated rings. The van der Waals surface area contributed by atoms with Crippen molar-refractivity contribution in [1.29, 1.82) is 0 Å². The van der Waals surface area contributed by atoms with Crippen LogP contribution in [0.4, 0.5) is 0 Å². The van der Waals surface area contributed by atoms with Gasteiger partial charge in [-0.25, -0.2) is 0 Å². The molecule has 0 aromatic rings. The Balaban J connectivity index is 1.68. The van der Waals surface area contributed by atoms with Gasteiger partial charge in [-0.15, -0.1) is 0 Å². The van der Waals surface area contributed by atoms with Crippen LogP contribution >= 0.6 is 0 Å². The van der Waals surface area contributed by atoms with E-state index in [-0.39, 0.29) is 0 Å². The fourth-order valence-electron chi connectivity index (χ4n) is 4.35. The van der Waals surface area contributed by atoms with Crippen LogP contribution in [0.25, 0.3) is 0 Å². The molecule has 1 aliphatic heterocycles. The summed E-state index contributed by atoms with van der Waals surface area (Å²) in [6.45, 7) is 10.9. The lowest BCUT2D eigenvalue weighted by Gasteiger charge is -2.40. The molecule has 0 spiro atoms. The highest BCUT2D eigenvalue weighted by molar-refractivity contribution is 4.86. The maximum atomic E-state index is 3.92. The molecule has 0 radical (unpaired) electrons. The van der Waals surface area contributed by atoms with Gasteiger partial charge in [0, 0.05) is 18.1 Å². The first-order valence-corrected chi connectivity index (χ1v) is 9.50. The molecule has 2 aliphatic rings. The lowest BCUT2D eigenvalue weighted by Crippen LogP contribution is -2.45. The van der Waals surface area contributed by atoms with Gasteiger partial charge in [-0.2, -0.15) is 0 Å². The molecule has 2 atom stereocenters. The van der Waals surface area contributed by atoms with Crippen molar-refractivity contribution < 1.29 is 0 Å². The molecule has 21 heavy (non-hydrogen) atoms. The summed E-state index contributed by atoms with van der Waals surface area (Å²) < 4.78 is 0. The van der Waals surface area contributed by atoms with E-state index >= 15 is 0 Å². The van der Waals surface area contributed by atoms with E-state index in [1.165, 1.54) is 64.3 Å². The predicted octanol–water partition coefficient (Wildman–Crippen LogP) is 4.49. The Bertz CT molecular complexity index is 286. The van der Waals surface area contributed by atoms with E-state index in [0.717, 1.165) is 18.0 Å². The van der Waals surface area contributed by atoms with Crippen molar-refractivity contribution in [2.45, 2.75) is 104 Å². The van der Waals surface area contributed by atoms with Crippen LogP contribution in [0.1, 0.15) is 85.5 Å². The molecule has 0 bridgehead atoms. The minimum atomic E-state index is 0.544. The summed E-state index contributed by atoms with van der Waals surface area (Å²) in [5.74, 6) is 0.941. The van der Waals surface area contributed by atoms with Crippen LogP contribution < -0.4 is 10.6 Å². The van der Waals surface area contributed by atoms with E-state index in [4.69, 9.17) is 0 Å². The van der Waals surface area contributed by atoms with E-state index in [1.807, 2.05) is 0 Å². The lowest BCUT2D eigenvalue weighted by atomic mass is 9.69. The zero-order valence-electron chi connectivity index (χ0n) is 14.9. The van der Waals surface area contributed by atoms with E-state index in [2.05, 4.69) is 38.3 Å². The van der Waals surface area contributed by atoms with E-state index < -0.39 is 0 Å². The van der Waals surface area contributed by atoms with Crippen molar-refractivity contribution in [2.24, 2.45) is 11.3 Å². The second kappa shape index (κ2) is 7.97. The third-order valence-electron chi connectivity index (χ3n) is 6.31. The van der Waals surface area contributed by atoms with Gasteiger partial charge in [0.2, 0.25) is 0 Å². The highest BCUT2D eigenvalue weighted by atomic mass is 15.0. The molecular weight excluding hydrogens is 256 g/mol. The van der Waals surface area contributed by atoms with E-state index in [1.54, 1.807) is 0 Å². The Morgan fingerprint density at radius 2 is 1.81 bits per heavy atom. The second-order valence-electron chi connectivity index (χ2n) is 8.34. The number of nitrogens with one attached hydrogen (secondary N) is 2. The highest BCUT2D eigenvalue weighted by Gasteiger charge is 2.32. The van der Waals surface area contributed by atoms with Crippen molar-refractivity contribution in [2.75, 3.05) is 6.54 Å². The largest absolute Gasteiger partial charge is 0.314 e. The van der Waals surface area contributed by atoms with Crippen molar-refractivity contribution in [1.82, 2.24) is 10.6 Å². The summed E-state index contributed by atoms with van der Waals surface area (Å²) >= 11 is 0. The fraction of sp³-hybridized carbons (Fsp3) is 1.00. The number of hydrogen-bond acceptors (Lipinski definition) is 2. The summed E-state index contributed by atoms with van der Waals surface area (Å²) in [4.78, 5) is 0. The van der Waals surface area contributed by atoms with Gasteiger partial charge in [-0.05, 0) is 69.7 Å². The van der Waals surface area contributed by atoms with Gasteiger partial charge in [0.1, 0.15) is 0 Å². The minimum absolute atomic E-state index is 0.544. The zero-order valence-corrected chi connectivity index (χ0v) is 14.9. The quantitative estimate of drug-likeness (QED) is 0.754. The molecule has 2 nitrogen and oxygen atoms in total. The summed E-state index contributed by atoms with van der Waals surface area (Å²) in [5.41, 5.74) is 0.544. The third-order valence-corrected chi connectivity index (χ3v) is 6.31. The van der Waals surface area contributed by atoms with Crippen LogP contribution in [0.2, 0.25) is 0 Å². The van der Waals surface area contributed by atoms with Crippen molar-refractivity contribution in [3.05, 3.63) is 0 Å². The molecule has 2 rings (SSSR count). The molecule has 1 saturated carbocycles. The van der Waals surface area contributed by atoms with Crippen LogP contribution in [0, 0.1) is 11.3 Å². The van der Waals surface area contributed by atoms with E-state index in [0.29, 0.717) is 11.5 Å². The van der Waals surface area contributed by atoms with Crippen molar-refractivity contribution in [3.63, 3.8) is 0 Å². The van der Waals surface area contributed by atoms with Crippen LogP contribution in [0.5, 0.6) is 0 Å². The fourth-order valence-corrected chi connectivity index (χ4v) is 4.35. The molecule has 0 aromatic carbocycles. The first kappa shape index (κ1) is 17.3. The molecule has 2 heteroatoms. The Morgan fingerprint density at radius 3 is 2.38 bits per heavy atom. The third kappa shape index (κ3) is 5.25. The van der Waals surface area contributed by atoms with Crippen molar-refractivity contribution >= 4 is 0 Å². The van der Waals surface area contributed by atoms with Gasteiger partial charge >= 0.3 is 0 Å². The standard InChI is InChI=1S/C19H38N2/c1-5-19(3,4)16-9-11-17(12-10-16)21-15(2)14-18-8-6-7-13-20-18/h15-18,20-21H,5-14H2,1-4H3. The number of piperidine rings is 1. The smallest absolute Gasteiger partial charge is 0.00817 e. The van der Waals surface area contributed by atoms with Crippen LogP contribution in [-0.4, -0.2) is 24.7 Å². The molecule has 1 saturated heterocycles. The topological polar surface area (TPSA) is 24.1 Å². The molecule has 2 N–H and O–H groups in total. The average Bonchev–Trinajstić information content (AvgIpc) is 2.48. The Hall–Kier alpha value is -0.0800. The molecular formula is C19H38N2. The lowest BCUT2D eigenvalue weighted by molar-refractivity contribution is 0.133. The maximum Gasteiger partial charge on any atom is 0.00817 e. The Labute approximate surface area is 132 Å². The summed E-state index contributed by atoms with van der Waals surface area (Å²) in [6, 6.07) is 2.20. The summed E-state index contributed by atoms with van der Waals surface area (Å²) in [7, 11) is 0. The molecule has 1 heterocycles. The number of hydrogen-bond donors (Lipinski definition) is 2. The molecule has 1 aliphatic carbocycles. The second-order valence-corrected chi connectivity index (χ2v) is 8.34. The van der Waals surface area contributed by atoms with Gasteiger partial charge in [-0.3, -0.25) is 0 Å². The maximum absolute atomic E-state index is 3.92. The Morgan fingerprint density at radius 1 is 1.10 bits per heavy atom. The summed E-state index contributed by atoms with van der Waals surface area (Å²) in [5, 5.41) is 7.60. The normalized spacial score (nSPS) is 32.9. The van der Waals surface area contributed by atoms with Crippen molar-refractivity contribution in [3.8, 4) is 0 Å². The number of rotatable bonds is 6. The van der Waals surface area contributed by atoms with Crippen LogP contribution in [0.3, 0.4) is 0 Å². The monoisotopic (exact) mass is 294 g/mol.